The highest BCUT2D eigenvalue weighted by Crippen LogP contribution is 2.20. The smallest absolute Gasteiger partial charge is 0.253 e. The Morgan fingerprint density at radius 1 is 0.871 bits per heavy atom. The summed E-state index contributed by atoms with van der Waals surface area (Å²) in [6.45, 7) is 7.25. The summed E-state index contributed by atoms with van der Waals surface area (Å²) in [7, 11) is 0. The van der Waals surface area contributed by atoms with Gasteiger partial charge in [-0.25, -0.2) is 0 Å². The van der Waals surface area contributed by atoms with E-state index >= 15 is 0 Å². The van der Waals surface area contributed by atoms with E-state index in [1.54, 1.807) is 48.5 Å². The van der Waals surface area contributed by atoms with Gasteiger partial charge in [0.2, 0.25) is 11.8 Å². The Morgan fingerprint density at radius 2 is 1.48 bits per heavy atom. The Labute approximate surface area is 183 Å². The molecular weight excluding hydrogens is 392 g/mol. The van der Waals surface area contributed by atoms with Crippen molar-refractivity contribution in [3.8, 4) is 0 Å². The topological polar surface area (TPSA) is 90.5 Å². The molecule has 3 N–H and O–H groups in total. The molecule has 164 valence electrons. The third-order valence-corrected chi connectivity index (χ3v) is 5.06. The number of hydrogen-bond acceptors (Lipinski definition) is 4. The first-order valence-electron chi connectivity index (χ1n) is 10.6. The second-order valence-corrected chi connectivity index (χ2v) is 8.76. The predicted octanol–water partition coefficient (Wildman–Crippen LogP) is 3.96. The molecule has 31 heavy (non-hydrogen) atoms. The maximum Gasteiger partial charge on any atom is 0.253 e. The lowest BCUT2D eigenvalue weighted by Crippen LogP contribution is -2.27. The molecule has 0 spiro atoms. The average Bonchev–Trinajstić information content (AvgIpc) is 3.26. The molecule has 0 aliphatic carbocycles. The molecule has 7 heteroatoms. The van der Waals surface area contributed by atoms with Gasteiger partial charge in [-0.3, -0.25) is 14.4 Å². The van der Waals surface area contributed by atoms with E-state index in [4.69, 9.17) is 0 Å². The highest BCUT2D eigenvalue weighted by molar-refractivity contribution is 5.97. The number of nitrogens with one attached hydrogen (secondary N) is 3. The number of anilines is 3. The van der Waals surface area contributed by atoms with Gasteiger partial charge in [0.05, 0.1) is 6.54 Å². The predicted molar refractivity (Wildman–Crippen MR) is 123 cm³/mol. The normalized spacial score (nSPS) is 13.6. The zero-order valence-corrected chi connectivity index (χ0v) is 18.3. The third kappa shape index (κ3) is 6.31. The fraction of sp³-hybridized carbons (Fsp3) is 0.375. The lowest BCUT2D eigenvalue weighted by atomic mass is 9.95. The van der Waals surface area contributed by atoms with E-state index in [1.807, 2.05) is 25.7 Å². The first-order chi connectivity index (χ1) is 14.7. The number of carbonyl (C=O) groups is 3. The molecule has 1 saturated heterocycles. The van der Waals surface area contributed by atoms with Gasteiger partial charge < -0.3 is 20.9 Å². The summed E-state index contributed by atoms with van der Waals surface area (Å²) in [6, 6.07) is 14.2. The number of hydrogen-bond donors (Lipinski definition) is 3. The highest BCUT2D eigenvalue weighted by atomic mass is 16.2. The fourth-order valence-electron chi connectivity index (χ4n) is 3.21. The fourth-order valence-corrected chi connectivity index (χ4v) is 3.21. The largest absolute Gasteiger partial charge is 0.376 e. The van der Waals surface area contributed by atoms with Crippen LogP contribution in [0.5, 0.6) is 0 Å². The van der Waals surface area contributed by atoms with E-state index in [2.05, 4.69) is 16.0 Å². The van der Waals surface area contributed by atoms with Crippen molar-refractivity contribution < 1.29 is 14.4 Å². The van der Waals surface area contributed by atoms with Crippen molar-refractivity contribution in [2.24, 2.45) is 5.41 Å². The van der Waals surface area contributed by atoms with Crippen LogP contribution < -0.4 is 16.0 Å². The summed E-state index contributed by atoms with van der Waals surface area (Å²) in [6.07, 6.45) is 2.12. The minimum absolute atomic E-state index is 0.0558. The summed E-state index contributed by atoms with van der Waals surface area (Å²) >= 11 is 0. The molecule has 0 aromatic heterocycles. The van der Waals surface area contributed by atoms with E-state index in [-0.39, 0.29) is 24.3 Å². The Kier molecular flexibility index (Phi) is 6.95. The van der Waals surface area contributed by atoms with Crippen LogP contribution in [0.25, 0.3) is 0 Å². The van der Waals surface area contributed by atoms with Crippen LogP contribution in [-0.4, -0.2) is 42.3 Å². The summed E-state index contributed by atoms with van der Waals surface area (Å²) in [5.41, 5.74) is 2.15. The third-order valence-electron chi connectivity index (χ3n) is 5.06. The molecule has 0 unspecified atom stereocenters. The molecule has 3 amide bonds. The minimum atomic E-state index is -0.502. The van der Waals surface area contributed by atoms with Gasteiger partial charge in [0.25, 0.3) is 5.91 Å². The Hall–Kier alpha value is -3.35. The van der Waals surface area contributed by atoms with Crippen LogP contribution in [0.1, 0.15) is 44.0 Å². The number of amides is 3. The molecule has 7 nitrogen and oxygen atoms in total. The Bertz CT molecular complexity index is 942. The van der Waals surface area contributed by atoms with Gasteiger partial charge in [0.1, 0.15) is 0 Å². The van der Waals surface area contributed by atoms with Crippen molar-refractivity contribution in [3.63, 3.8) is 0 Å². The molecule has 1 heterocycles. The highest BCUT2D eigenvalue weighted by Gasteiger charge is 2.21. The van der Waals surface area contributed by atoms with Gasteiger partial charge in [-0.2, -0.15) is 0 Å². The zero-order valence-electron chi connectivity index (χ0n) is 18.3. The van der Waals surface area contributed by atoms with Gasteiger partial charge in [0.15, 0.2) is 0 Å². The van der Waals surface area contributed by atoms with Crippen LogP contribution in [0, 0.1) is 5.41 Å². The molecule has 1 aliphatic rings. The van der Waals surface area contributed by atoms with Crippen molar-refractivity contribution in [1.29, 1.82) is 0 Å². The molecule has 2 aromatic rings. The van der Waals surface area contributed by atoms with Crippen LogP contribution in [0.15, 0.2) is 48.5 Å². The Balaban J connectivity index is 1.50. The lowest BCUT2D eigenvalue weighted by Gasteiger charge is -2.18. The van der Waals surface area contributed by atoms with Crippen LogP contribution in [0.4, 0.5) is 17.1 Å². The number of carbonyl (C=O) groups excluding carboxylic acids is 3. The van der Waals surface area contributed by atoms with Crippen LogP contribution in [0.2, 0.25) is 0 Å². The monoisotopic (exact) mass is 422 g/mol. The first kappa shape index (κ1) is 22.3. The van der Waals surface area contributed by atoms with Crippen molar-refractivity contribution in [2.75, 3.05) is 35.6 Å². The first-order valence-corrected chi connectivity index (χ1v) is 10.6. The van der Waals surface area contributed by atoms with Gasteiger partial charge in [-0.15, -0.1) is 0 Å². The van der Waals surface area contributed by atoms with Crippen molar-refractivity contribution >= 4 is 34.8 Å². The quantitative estimate of drug-likeness (QED) is 0.657. The molecule has 0 bridgehead atoms. The molecule has 1 fully saturated rings. The SMILES string of the molecule is CC(C)(C)C(=O)Nc1cccc(NC(=O)CNc2ccc(C(=O)N3CCCC3)cc2)c1. The number of benzene rings is 2. The van der Waals surface area contributed by atoms with E-state index in [9.17, 15) is 14.4 Å². The standard InChI is InChI=1S/C24H30N4O3/c1-24(2,3)23(31)27-20-8-6-7-19(15-20)26-21(29)16-25-18-11-9-17(10-12-18)22(30)28-13-4-5-14-28/h6-12,15,25H,4-5,13-14,16H2,1-3H3,(H,26,29)(H,27,31). The van der Waals surface area contributed by atoms with E-state index < -0.39 is 5.41 Å². The minimum Gasteiger partial charge on any atom is -0.376 e. The van der Waals surface area contributed by atoms with Crippen molar-refractivity contribution in [1.82, 2.24) is 4.90 Å². The summed E-state index contributed by atoms with van der Waals surface area (Å²) < 4.78 is 0. The number of rotatable bonds is 6. The maximum absolute atomic E-state index is 12.4. The molecule has 3 rings (SSSR count). The molecule has 0 radical (unpaired) electrons. The number of likely N-dealkylation sites (tertiary alicyclic amines) is 1. The van der Waals surface area contributed by atoms with Gasteiger partial charge in [0, 0.05) is 41.1 Å². The van der Waals surface area contributed by atoms with E-state index in [1.165, 1.54) is 0 Å². The summed E-state index contributed by atoms with van der Waals surface area (Å²) in [5, 5.41) is 8.73. The number of nitrogens with zero attached hydrogens (tertiary/aromatic N) is 1. The zero-order chi connectivity index (χ0) is 22.4. The van der Waals surface area contributed by atoms with Gasteiger partial charge in [-0.1, -0.05) is 26.8 Å². The van der Waals surface area contributed by atoms with Crippen molar-refractivity contribution in [3.05, 3.63) is 54.1 Å². The second-order valence-electron chi connectivity index (χ2n) is 8.76. The summed E-state index contributed by atoms with van der Waals surface area (Å²) in [5.74, 6) is -0.249. The van der Waals surface area contributed by atoms with Crippen LogP contribution in [0.3, 0.4) is 0 Å². The van der Waals surface area contributed by atoms with Gasteiger partial charge >= 0.3 is 0 Å². The van der Waals surface area contributed by atoms with E-state index in [0.29, 0.717) is 16.9 Å². The van der Waals surface area contributed by atoms with E-state index in [0.717, 1.165) is 31.6 Å². The molecule has 0 atom stereocenters. The van der Waals surface area contributed by atoms with Crippen molar-refractivity contribution in [2.45, 2.75) is 33.6 Å². The summed E-state index contributed by atoms with van der Waals surface area (Å²) in [4.78, 5) is 38.7. The molecule has 2 aromatic carbocycles. The van der Waals surface area contributed by atoms with Gasteiger partial charge in [-0.05, 0) is 55.3 Å². The molecular formula is C24H30N4O3. The van der Waals surface area contributed by atoms with Crippen LogP contribution in [-0.2, 0) is 9.59 Å². The maximum atomic E-state index is 12.4. The lowest BCUT2D eigenvalue weighted by molar-refractivity contribution is -0.123. The second kappa shape index (κ2) is 9.64. The Morgan fingerprint density at radius 3 is 2.10 bits per heavy atom. The average molecular weight is 423 g/mol. The molecule has 1 aliphatic heterocycles. The molecule has 0 saturated carbocycles. The van der Waals surface area contributed by atoms with Crippen LogP contribution >= 0.6 is 0 Å².